The van der Waals surface area contributed by atoms with Crippen molar-refractivity contribution < 1.29 is 32.6 Å². The van der Waals surface area contributed by atoms with Crippen LogP contribution >= 0.6 is 0 Å². The molecule has 0 bridgehead atoms. The van der Waals surface area contributed by atoms with Crippen LogP contribution in [0.4, 0.5) is 18.0 Å². The number of halogens is 3. The molecule has 7 nitrogen and oxygen atoms in total. The average molecular weight is 467 g/mol. The smallest absolute Gasteiger partial charge is 0.416 e. The predicted octanol–water partition coefficient (Wildman–Crippen LogP) is 5.09. The summed E-state index contributed by atoms with van der Waals surface area (Å²) in [7, 11) is 0. The Kier molecular flexibility index (Phi) is 6.76. The van der Waals surface area contributed by atoms with Gasteiger partial charge in [0.15, 0.2) is 5.69 Å². The molecule has 1 N–H and O–H groups in total. The number of carboxylic acids is 1. The van der Waals surface area contributed by atoms with E-state index in [1.807, 2.05) is 11.5 Å². The zero-order chi connectivity index (χ0) is 24.6. The van der Waals surface area contributed by atoms with Crippen molar-refractivity contribution in [3.8, 4) is 0 Å². The number of hydrogen-bond acceptors (Lipinski definition) is 4. The largest absolute Gasteiger partial charge is 0.476 e. The van der Waals surface area contributed by atoms with Crippen molar-refractivity contribution in [3.05, 3.63) is 52.6 Å². The second-order valence-corrected chi connectivity index (χ2v) is 9.00. The number of alkyl halides is 3. The van der Waals surface area contributed by atoms with E-state index in [1.165, 1.54) is 17.0 Å². The van der Waals surface area contributed by atoms with Crippen LogP contribution in [-0.4, -0.2) is 43.8 Å². The Bertz CT molecular complexity index is 1020. The molecule has 1 atom stereocenters. The molecule has 3 rings (SSSR count). The number of carboxylic acid groups (broad SMARTS) is 1. The highest BCUT2D eigenvalue weighted by Gasteiger charge is 2.38. The van der Waals surface area contributed by atoms with E-state index in [9.17, 15) is 27.9 Å². The van der Waals surface area contributed by atoms with Crippen molar-refractivity contribution >= 4 is 12.1 Å². The molecule has 0 radical (unpaired) electrons. The summed E-state index contributed by atoms with van der Waals surface area (Å²) in [5.41, 5.74) is -0.521. The second-order valence-electron chi connectivity index (χ2n) is 9.00. The van der Waals surface area contributed by atoms with Crippen LogP contribution in [-0.2, 0) is 30.3 Å². The van der Waals surface area contributed by atoms with Crippen LogP contribution < -0.4 is 0 Å². The first-order chi connectivity index (χ1) is 15.3. The van der Waals surface area contributed by atoms with Crippen LogP contribution in [0.2, 0.25) is 0 Å². The standard InChI is InChI=1S/C23H28F3N3O4/c1-5-17-27-18(20(30)31)19-16(11-8-14-6-9-15(10-7-14)23(24,25)26)28(12-13-29(17)19)21(32)33-22(2,3)4/h6-7,9-10,16H,5,8,11-13H2,1-4H3,(H,30,31). The molecule has 1 aliphatic heterocycles. The molecule has 1 aliphatic rings. The Hall–Kier alpha value is -3.04. The average Bonchev–Trinajstić information content (AvgIpc) is 3.09. The summed E-state index contributed by atoms with van der Waals surface area (Å²) in [5.74, 6) is -0.574. The van der Waals surface area contributed by atoms with Gasteiger partial charge in [-0.2, -0.15) is 13.2 Å². The third-order valence-electron chi connectivity index (χ3n) is 5.48. The number of nitrogens with zero attached hydrogens (tertiary/aromatic N) is 3. The van der Waals surface area contributed by atoms with Gasteiger partial charge in [0.25, 0.3) is 0 Å². The first-order valence-corrected chi connectivity index (χ1v) is 10.8. The lowest BCUT2D eigenvalue weighted by Crippen LogP contribution is -2.45. The second kappa shape index (κ2) is 9.07. The summed E-state index contributed by atoms with van der Waals surface area (Å²) in [6, 6.07) is 4.19. The van der Waals surface area contributed by atoms with E-state index in [1.54, 1.807) is 20.8 Å². The lowest BCUT2D eigenvalue weighted by molar-refractivity contribution is -0.137. The maximum atomic E-state index is 13.0. The van der Waals surface area contributed by atoms with Gasteiger partial charge in [0.2, 0.25) is 0 Å². The number of aryl methyl sites for hydroxylation is 2. The number of aromatic carboxylic acids is 1. The Morgan fingerprint density at radius 1 is 1.15 bits per heavy atom. The predicted molar refractivity (Wildman–Crippen MR) is 114 cm³/mol. The number of amides is 1. The maximum Gasteiger partial charge on any atom is 0.416 e. The molecule has 1 amide bonds. The minimum absolute atomic E-state index is 0.113. The molecular formula is C23H28F3N3O4. The fourth-order valence-electron chi connectivity index (χ4n) is 4.03. The molecule has 0 saturated heterocycles. The molecule has 1 aromatic heterocycles. The van der Waals surface area contributed by atoms with Crippen LogP contribution in [0.5, 0.6) is 0 Å². The molecule has 10 heteroatoms. The van der Waals surface area contributed by atoms with E-state index in [4.69, 9.17) is 4.74 Å². The van der Waals surface area contributed by atoms with Gasteiger partial charge in [-0.05, 0) is 51.3 Å². The zero-order valence-electron chi connectivity index (χ0n) is 19.1. The number of imidazole rings is 1. The highest BCUT2D eigenvalue weighted by atomic mass is 19.4. The van der Waals surface area contributed by atoms with Crippen LogP contribution in [0.25, 0.3) is 0 Å². The molecule has 0 fully saturated rings. The summed E-state index contributed by atoms with van der Waals surface area (Å²) < 4.78 is 46.0. The van der Waals surface area contributed by atoms with Crippen molar-refractivity contribution in [1.29, 1.82) is 0 Å². The summed E-state index contributed by atoms with van der Waals surface area (Å²) >= 11 is 0. The van der Waals surface area contributed by atoms with Crippen molar-refractivity contribution in [2.75, 3.05) is 6.54 Å². The Balaban J connectivity index is 1.95. The molecule has 0 aliphatic carbocycles. The SMILES string of the molecule is CCc1nc(C(=O)O)c2n1CCN(C(=O)OC(C)(C)C)C2CCc1ccc(C(F)(F)F)cc1. The Morgan fingerprint density at radius 2 is 1.79 bits per heavy atom. The molecule has 0 spiro atoms. The molecular weight excluding hydrogens is 439 g/mol. The Labute approximate surface area is 190 Å². The summed E-state index contributed by atoms with van der Waals surface area (Å²) in [5, 5.41) is 9.75. The van der Waals surface area contributed by atoms with E-state index in [0.717, 1.165) is 12.1 Å². The van der Waals surface area contributed by atoms with Crippen molar-refractivity contribution in [3.63, 3.8) is 0 Å². The van der Waals surface area contributed by atoms with E-state index < -0.39 is 35.4 Å². The molecule has 1 aromatic carbocycles. The number of hydrogen-bond donors (Lipinski definition) is 1. The van der Waals surface area contributed by atoms with Gasteiger partial charge in [-0.3, -0.25) is 4.90 Å². The third-order valence-corrected chi connectivity index (χ3v) is 5.48. The number of carbonyl (C=O) groups excluding carboxylic acids is 1. The third kappa shape index (κ3) is 5.48. The van der Waals surface area contributed by atoms with Crippen molar-refractivity contribution in [2.24, 2.45) is 0 Å². The van der Waals surface area contributed by atoms with Gasteiger partial charge in [-0.25, -0.2) is 14.6 Å². The number of rotatable bonds is 5. The molecule has 1 unspecified atom stereocenters. The summed E-state index contributed by atoms with van der Waals surface area (Å²) in [6.45, 7) is 7.80. The number of ether oxygens (including phenoxy) is 1. The minimum Gasteiger partial charge on any atom is -0.476 e. The summed E-state index contributed by atoms with van der Waals surface area (Å²) in [4.78, 5) is 30.7. The number of benzene rings is 1. The van der Waals surface area contributed by atoms with Gasteiger partial charge >= 0.3 is 18.2 Å². The number of aromatic nitrogens is 2. The van der Waals surface area contributed by atoms with E-state index in [2.05, 4.69) is 4.98 Å². The van der Waals surface area contributed by atoms with Crippen LogP contribution in [0.15, 0.2) is 24.3 Å². The fraction of sp³-hybridized carbons (Fsp3) is 0.522. The summed E-state index contributed by atoms with van der Waals surface area (Å²) in [6.07, 6.45) is -3.82. The molecule has 2 aromatic rings. The quantitative estimate of drug-likeness (QED) is 0.662. The maximum absolute atomic E-state index is 13.0. The van der Waals surface area contributed by atoms with Gasteiger partial charge in [-0.1, -0.05) is 19.1 Å². The van der Waals surface area contributed by atoms with Crippen LogP contribution in [0.3, 0.4) is 0 Å². The monoisotopic (exact) mass is 467 g/mol. The first kappa shape index (κ1) is 24.6. The van der Waals surface area contributed by atoms with Crippen molar-refractivity contribution in [1.82, 2.24) is 14.5 Å². The molecule has 2 heterocycles. The van der Waals surface area contributed by atoms with E-state index >= 15 is 0 Å². The van der Waals surface area contributed by atoms with Gasteiger partial charge in [0, 0.05) is 19.5 Å². The topological polar surface area (TPSA) is 84.7 Å². The van der Waals surface area contributed by atoms with Gasteiger partial charge in [0.05, 0.1) is 17.3 Å². The van der Waals surface area contributed by atoms with Crippen LogP contribution in [0.1, 0.15) is 73.3 Å². The molecule has 33 heavy (non-hydrogen) atoms. The normalized spacial score (nSPS) is 16.5. The molecule has 0 saturated carbocycles. The zero-order valence-corrected chi connectivity index (χ0v) is 19.1. The Morgan fingerprint density at radius 3 is 2.30 bits per heavy atom. The van der Waals surface area contributed by atoms with E-state index in [-0.39, 0.29) is 5.69 Å². The highest BCUT2D eigenvalue weighted by Crippen LogP contribution is 2.35. The first-order valence-electron chi connectivity index (χ1n) is 10.8. The highest BCUT2D eigenvalue weighted by molar-refractivity contribution is 5.87. The van der Waals surface area contributed by atoms with E-state index in [0.29, 0.717) is 49.4 Å². The fourth-order valence-corrected chi connectivity index (χ4v) is 4.03. The lowest BCUT2D eigenvalue weighted by Gasteiger charge is -2.38. The van der Waals surface area contributed by atoms with Gasteiger partial charge < -0.3 is 14.4 Å². The number of fused-ring (bicyclic) bond motifs is 1. The van der Waals surface area contributed by atoms with Gasteiger partial charge in [0.1, 0.15) is 11.4 Å². The lowest BCUT2D eigenvalue weighted by atomic mass is 9.98. The van der Waals surface area contributed by atoms with Crippen molar-refractivity contribution in [2.45, 2.75) is 71.3 Å². The number of carbonyl (C=O) groups is 2. The molecule has 180 valence electrons. The van der Waals surface area contributed by atoms with Crippen LogP contribution in [0, 0.1) is 0 Å². The minimum atomic E-state index is -4.42. The van der Waals surface area contributed by atoms with Gasteiger partial charge in [-0.15, -0.1) is 0 Å².